The van der Waals surface area contributed by atoms with Crippen LogP contribution in [0.5, 0.6) is 0 Å². The maximum absolute atomic E-state index is 2.48. The molecule has 0 amide bonds. The second kappa shape index (κ2) is 10.2. The molecule has 0 nitrogen and oxygen atoms in total. The Morgan fingerprint density at radius 3 is 2.14 bits per heavy atom. The van der Waals surface area contributed by atoms with E-state index in [1.54, 1.807) is 51.6 Å². The molecular weight excluding hydrogens is 582 g/mol. The molecule has 2 bridgehead atoms. The first-order valence-electron chi connectivity index (χ1n) is 11.9. The van der Waals surface area contributed by atoms with Gasteiger partial charge in [0.2, 0.25) is 0 Å². The van der Waals surface area contributed by atoms with Gasteiger partial charge in [-0.05, 0) is 34.8 Å². The summed E-state index contributed by atoms with van der Waals surface area (Å²) in [5.41, 5.74) is 12.0. The number of fused-ring (bicyclic) bond motifs is 1. The van der Waals surface area contributed by atoms with E-state index in [9.17, 15) is 0 Å². The molecule has 35 heavy (non-hydrogen) atoms. The first-order chi connectivity index (χ1) is 15.5. The van der Waals surface area contributed by atoms with Crippen LogP contribution in [-0.4, -0.2) is 13.4 Å². The number of halogens is 2. The summed E-state index contributed by atoms with van der Waals surface area (Å²) < 4.78 is 0.640. The fraction of sp³-hybridized carbons (Fsp3) is 0.300. The van der Waals surface area contributed by atoms with E-state index in [2.05, 4.69) is 108 Å². The molecule has 3 heterocycles. The van der Waals surface area contributed by atoms with Crippen molar-refractivity contribution in [3.63, 3.8) is 0 Å². The van der Waals surface area contributed by atoms with Gasteiger partial charge in [0.15, 0.2) is 0 Å². The molecule has 179 valence electrons. The van der Waals surface area contributed by atoms with Crippen LogP contribution in [0.2, 0.25) is 13.1 Å². The Hall–Kier alpha value is -0.750. The zero-order chi connectivity index (χ0) is 23.7. The molecular formula is C30H32Cl2PSiZr. The summed E-state index contributed by atoms with van der Waals surface area (Å²) in [4.78, 5) is 0. The summed E-state index contributed by atoms with van der Waals surface area (Å²) in [5.74, 6) is 2.28. The van der Waals surface area contributed by atoms with Gasteiger partial charge in [-0.2, -0.15) is 0 Å². The van der Waals surface area contributed by atoms with Crippen LogP contribution in [0.15, 0.2) is 81.5 Å². The standard InChI is InChI=1S/C20H21.C10H11PSi.2ClH.Zr/c1-14-12-16-6-5-7-18(19(16)13-14)15-8-10-17(11-9-15)20(2,3)4;1-6-9-7-4-5-11-8(7)10(6)12(9,2)3;;;/h5-13H,1-4H3;4-5H,1-3H3;2*1H;/q;;;;+2/p-2. The molecule has 2 aliphatic carbocycles. The van der Waals surface area contributed by atoms with E-state index >= 15 is 0 Å². The van der Waals surface area contributed by atoms with Crippen LogP contribution < -0.4 is 24.8 Å². The van der Waals surface area contributed by atoms with Gasteiger partial charge >= 0.3 is 143 Å². The van der Waals surface area contributed by atoms with Crippen molar-refractivity contribution >= 4 is 27.6 Å². The Morgan fingerprint density at radius 1 is 0.914 bits per heavy atom. The summed E-state index contributed by atoms with van der Waals surface area (Å²) in [5, 5.41) is 5.16. The van der Waals surface area contributed by atoms with Crippen molar-refractivity contribution in [2.24, 2.45) is 0 Å². The predicted octanol–water partition coefficient (Wildman–Crippen LogP) is 2.72. The molecule has 0 saturated carbocycles. The molecule has 2 aromatic carbocycles. The van der Waals surface area contributed by atoms with Crippen LogP contribution >= 0.6 is 8.20 Å². The van der Waals surface area contributed by atoms with Gasteiger partial charge in [0.25, 0.3) is 0 Å². The van der Waals surface area contributed by atoms with Gasteiger partial charge in [0, 0.05) is 5.29 Å². The average Bonchev–Trinajstić information content (AvgIpc) is 3.45. The monoisotopic (exact) mass is 611 g/mol. The van der Waals surface area contributed by atoms with E-state index < -0.39 is 8.07 Å². The summed E-state index contributed by atoms with van der Waals surface area (Å²) in [6.07, 6.45) is 4.70. The van der Waals surface area contributed by atoms with E-state index in [-0.39, 0.29) is 30.2 Å². The molecule has 0 N–H and O–H groups in total. The number of rotatable bonds is 1. The number of hydrogen-bond acceptors (Lipinski definition) is 0. The Morgan fingerprint density at radius 2 is 1.57 bits per heavy atom. The molecule has 3 aliphatic heterocycles. The molecule has 0 fully saturated rings. The van der Waals surface area contributed by atoms with Crippen LogP contribution in [0.4, 0.5) is 0 Å². The Labute approximate surface area is 241 Å². The minimum absolute atomic E-state index is 0. The maximum Gasteiger partial charge on any atom is -1.00 e. The van der Waals surface area contributed by atoms with Gasteiger partial charge in [-0.3, -0.25) is 0 Å². The van der Waals surface area contributed by atoms with Crippen LogP contribution in [0.25, 0.3) is 17.2 Å². The van der Waals surface area contributed by atoms with Crippen LogP contribution in [0.3, 0.4) is 0 Å². The molecule has 1 atom stereocenters. The van der Waals surface area contributed by atoms with Crippen LogP contribution in [-0.2, 0) is 30.1 Å². The average molecular weight is 614 g/mol. The zero-order valence-corrected chi connectivity index (χ0v) is 27.4. The van der Waals surface area contributed by atoms with E-state index in [4.69, 9.17) is 0 Å². The van der Waals surface area contributed by atoms with Crippen molar-refractivity contribution in [2.75, 3.05) is 0 Å². The van der Waals surface area contributed by atoms with Crippen molar-refractivity contribution in [1.29, 1.82) is 0 Å². The Balaban J connectivity index is 0.000000208. The van der Waals surface area contributed by atoms with Crippen molar-refractivity contribution in [2.45, 2.75) is 56.8 Å². The maximum atomic E-state index is 2.48. The summed E-state index contributed by atoms with van der Waals surface area (Å²) >= 11 is 1.58. The van der Waals surface area contributed by atoms with Crippen molar-refractivity contribution < 1.29 is 49.5 Å². The van der Waals surface area contributed by atoms with Gasteiger partial charge < -0.3 is 24.8 Å². The predicted molar refractivity (Wildman–Crippen MR) is 145 cm³/mol. The zero-order valence-electron chi connectivity index (χ0n) is 21.6. The normalized spacial score (nSPS) is 20.5. The Kier molecular flexibility index (Phi) is 8.39. The number of hydrogen-bond donors (Lipinski definition) is 0. The van der Waals surface area contributed by atoms with Crippen molar-refractivity contribution in [3.05, 3.63) is 98.2 Å². The van der Waals surface area contributed by atoms with E-state index in [0.29, 0.717) is 3.63 Å². The second-order valence-electron chi connectivity index (χ2n) is 11.2. The van der Waals surface area contributed by atoms with Gasteiger partial charge in [-0.25, -0.2) is 0 Å². The minimum atomic E-state index is -1.04. The second-order valence-corrected chi connectivity index (χ2v) is 17.8. The van der Waals surface area contributed by atoms with Gasteiger partial charge in [-0.1, -0.05) is 26.9 Å². The first kappa shape index (κ1) is 28.8. The minimum Gasteiger partial charge on any atom is -1.00 e. The third-order valence-corrected chi connectivity index (χ3v) is 14.4. The smallest absolute Gasteiger partial charge is 1.00 e. The van der Waals surface area contributed by atoms with Crippen molar-refractivity contribution in [1.82, 2.24) is 0 Å². The van der Waals surface area contributed by atoms with E-state index in [1.807, 2.05) is 0 Å². The quantitative estimate of drug-likeness (QED) is 0.343. The van der Waals surface area contributed by atoms with Crippen LogP contribution in [0.1, 0.15) is 54.9 Å². The molecule has 0 aromatic heterocycles. The largest absolute Gasteiger partial charge is 1.00 e. The molecule has 5 heteroatoms. The van der Waals surface area contributed by atoms with E-state index in [1.165, 1.54) is 41.6 Å². The number of benzene rings is 2. The third kappa shape index (κ3) is 4.69. The topological polar surface area (TPSA) is 0 Å². The Bertz CT molecular complexity index is 1340. The first-order valence-corrected chi connectivity index (χ1v) is 17.2. The molecule has 0 saturated heterocycles. The van der Waals surface area contributed by atoms with Gasteiger partial charge in [0.1, 0.15) is 8.07 Å². The fourth-order valence-electron chi connectivity index (χ4n) is 5.83. The fourth-order valence-corrected chi connectivity index (χ4v) is 12.6. The third-order valence-electron chi connectivity index (χ3n) is 7.55. The molecule has 7 rings (SSSR count). The molecule has 0 spiro atoms. The summed E-state index contributed by atoms with van der Waals surface area (Å²) in [6.45, 7) is 16.3. The summed E-state index contributed by atoms with van der Waals surface area (Å²) in [6, 6.07) is 15.8. The number of allylic oxidation sites excluding steroid dienone is 6. The molecule has 1 unspecified atom stereocenters. The van der Waals surface area contributed by atoms with Gasteiger partial charge in [-0.15, -0.1) is 0 Å². The molecule has 2 aromatic rings. The van der Waals surface area contributed by atoms with E-state index in [0.717, 1.165) is 0 Å². The van der Waals surface area contributed by atoms with Gasteiger partial charge in [0.05, 0.1) is 0 Å². The molecule has 5 aliphatic rings. The molecule has 0 radical (unpaired) electrons. The van der Waals surface area contributed by atoms with Crippen LogP contribution in [0, 0.1) is 0 Å². The SMILES string of the molecule is CC1=C2C3=PC=CC3=C1[Si]2(C)C.CC1=Cc2c(-c3ccc(C(C)(C)C)cc3)cccc2[CH]1[Zr+2].[Cl-].[Cl-]. The van der Waals surface area contributed by atoms with Crippen molar-refractivity contribution in [3.8, 4) is 11.1 Å². The summed E-state index contributed by atoms with van der Waals surface area (Å²) in [7, 11) is 0.407.